The highest BCUT2D eigenvalue weighted by Crippen LogP contribution is 2.36. The Hall–Kier alpha value is -3.67. The van der Waals surface area contributed by atoms with E-state index in [1.807, 2.05) is 30.3 Å². The molecule has 29 heavy (non-hydrogen) atoms. The average molecular weight is 389 g/mol. The van der Waals surface area contributed by atoms with Crippen molar-refractivity contribution in [1.82, 2.24) is 0 Å². The highest BCUT2D eigenvalue weighted by atomic mass is 16.5. The zero-order chi connectivity index (χ0) is 20.5. The van der Waals surface area contributed by atoms with Crippen molar-refractivity contribution in [1.29, 1.82) is 0 Å². The van der Waals surface area contributed by atoms with Crippen LogP contribution in [0.2, 0.25) is 0 Å². The molecule has 4 rings (SSSR count). The molecule has 0 radical (unpaired) electrons. The molecule has 146 valence electrons. The van der Waals surface area contributed by atoms with E-state index in [-0.39, 0.29) is 11.7 Å². The zero-order valence-corrected chi connectivity index (χ0v) is 16.4. The second-order valence-electron chi connectivity index (χ2n) is 6.91. The fourth-order valence-electron chi connectivity index (χ4n) is 3.33. The Kier molecular flexibility index (Phi) is 4.76. The highest BCUT2D eigenvalue weighted by molar-refractivity contribution is 6.07. The Labute approximate surface area is 167 Å². The summed E-state index contributed by atoms with van der Waals surface area (Å²) in [6.07, 6.45) is 3.43. The number of methoxy groups -OCH3 is 1. The number of hydrogen-bond acceptors (Lipinski definition) is 4. The number of Topliss-reactive ketones (excluding diaryl/α,β-unsaturated/α-hetero) is 1. The van der Waals surface area contributed by atoms with Crippen LogP contribution in [-0.4, -0.2) is 18.8 Å². The molecular weight excluding hydrogens is 368 g/mol. The molecule has 0 aliphatic rings. The summed E-state index contributed by atoms with van der Waals surface area (Å²) < 4.78 is 13.1. The van der Waals surface area contributed by atoms with Crippen molar-refractivity contribution in [2.24, 2.45) is 0 Å². The second kappa shape index (κ2) is 7.39. The molecule has 1 N–H and O–H groups in total. The smallest absolute Gasteiger partial charge is 0.293 e. The number of nitrogens with zero attached hydrogens (tertiary/aromatic N) is 1. The van der Waals surface area contributed by atoms with Crippen LogP contribution in [0.5, 0.6) is 5.75 Å². The second-order valence-corrected chi connectivity index (χ2v) is 6.91. The maximum Gasteiger partial charge on any atom is 0.293 e. The van der Waals surface area contributed by atoms with E-state index >= 15 is 0 Å². The van der Waals surface area contributed by atoms with Crippen molar-refractivity contribution >= 4 is 39.3 Å². The summed E-state index contributed by atoms with van der Waals surface area (Å²) in [5.74, 6) is 0.264. The predicted octanol–water partition coefficient (Wildman–Crippen LogP) is 4.28. The van der Waals surface area contributed by atoms with E-state index in [1.54, 1.807) is 49.2 Å². The van der Waals surface area contributed by atoms with Gasteiger partial charge in [-0.2, -0.15) is 4.57 Å². The molecule has 0 aliphatic heterocycles. The SMILES string of the molecule is COc1cc2c(cc1NC(=O)[C@@H](C)[n+]1cccc(C(C)=O)c1)oc1ccccc12. The summed E-state index contributed by atoms with van der Waals surface area (Å²) in [4.78, 5) is 24.5. The summed E-state index contributed by atoms with van der Waals surface area (Å²) in [6, 6.07) is 14.3. The van der Waals surface area contributed by atoms with Crippen LogP contribution in [0.4, 0.5) is 5.69 Å². The first-order valence-electron chi connectivity index (χ1n) is 9.30. The van der Waals surface area contributed by atoms with E-state index in [0.717, 1.165) is 16.4 Å². The molecule has 0 aliphatic carbocycles. The van der Waals surface area contributed by atoms with Gasteiger partial charge in [0.2, 0.25) is 6.04 Å². The molecule has 1 amide bonds. The summed E-state index contributed by atoms with van der Waals surface area (Å²) in [7, 11) is 1.56. The monoisotopic (exact) mass is 389 g/mol. The number of hydrogen-bond donors (Lipinski definition) is 1. The fourth-order valence-corrected chi connectivity index (χ4v) is 3.33. The van der Waals surface area contributed by atoms with Gasteiger partial charge in [0, 0.05) is 29.8 Å². The van der Waals surface area contributed by atoms with Crippen LogP contribution in [0, 0.1) is 0 Å². The molecule has 6 nitrogen and oxygen atoms in total. The Morgan fingerprint density at radius 3 is 2.62 bits per heavy atom. The average Bonchev–Trinajstić information content (AvgIpc) is 3.09. The number of carbonyl (C=O) groups excluding carboxylic acids is 2. The number of aromatic nitrogens is 1. The summed E-state index contributed by atoms with van der Waals surface area (Å²) in [5, 5.41) is 4.83. The maximum absolute atomic E-state index is 12.9. The number of nitrogens with one attached hydrogen (secondary N) is 1. The third-order valence-electron chi connectivity index (χ3n) is 5.01. The molecule has 6 heteroatoms. The number of benzene rings is 2. The van der Waals surface area contributed by atoms with Crippen molar-refractivity contribution in [2.75, 3.05) is 12.4 Å². The first-order valence-corrected chi connectivity index (χ1v) is 9.30. The van der Waals surface area contributed by atoms with Gasteiger partial charge in [0.1, 0.15) is 16.9 Å². The molecule has 4 aromatic rings. The molecule has 0 fully saturated rings. The van der Waals surface area contributed by atoms with Crippen LogP contribution in [0.1, 0.15) is 30.2 Å². The number of ketones is 1. The van der Waals surface area contributed by atoms with Gasteiger partial charge in [-0.15, -0.1) is 0 Å². The van der Waals surface area contributed by atoms with Crippen LogP contribution in [-0.2, 0) is 4.79 Å². The van der Waals surface area contributed by atoms with Gasteiger partial charge < -0.3 is 14.5 Å². The Morgan fingerprint density at radius 2 is 1.86 bits per heavy atom. The van der Waals surface area contributed by atoms with Gasteiger partial charge in [-0.3, -0.25) is 9.59 Å². The summed E-state index contributed by atoms with van der Waals surface area (Å²) >= 11 is 0. The number of pyridine rings is 1. The van der Waals surface area contributed by atoms with Crippen molar-refractivity contribution in [3.63, 3.8) is 0 Å². The lowest BCUT2D eigenvalue weighted by molar-refractivity contribution is -0.705. The van der Waals surface area contributed by atoms with E-state index in [2.05, 4.69) is 5.32 Å². The number of anilines is 1. The van der Waals surface area contributed by atoms with Crippen LogP contribution >= 0.6 is 0 Å². The van der Waals surface area contributed by atoms with Crippen molar-refractivity contribution in [3.05, 3.63) is 66.5 Å². The van der Waals surface area contributed by atoms with Crippen molar-refractivity contribution in [3.8, 4) is 5.75 Å². The molecule has 0 saturated heterocycles. The zero-order valence-electron chi connectivity index (χ0n) is 16.4. The Balaban J connectivity index is 1.67. The Bertz CT molecular complexity index is 1240. The standard InChI is InChI=1S/C23H20N2O4/c1-14(25-10-6-7-16(13-25)15(2)26)23(27)24-19-12-21-18(11-22(19)28-3)17-8-4-5-9-20(17)29-21/h4-14H,1-3H3/p+1/t14-/m1/s1. The van der Waals surface area contributed by atoms with Crippen LogP contribution in [0.25, 0.3) is 21.9 Å². The third-order valence-corrected chi connectivity index (χ3v) is 5.01. The normalized spacial score (nSPS) is 12.1. The van der Waals surface area contributed by atoms with Gasteiger partial charge in [0.15, 0.2) is 18.2 Å². The van der Waals surface area contributed by atoms with Gasteiger partial charge >= 0.3 is 0 Å². The largest absolute Gasteiger partial charge is 0.495 e. The molecule has 2 aromatic carbocycles. The minimum Gasteiger partial charge on any atom is -0.495 e. The van der Waals surface area contributed by atoms with Gasteiger partial charge in [0.05, 0.1) is 18.4 Å². The third kappa shape index (κ3) is 3.45. The number of carbonyl (C=O) groups is 2. The first kappa shape index (κ1) is 18.7. The minimum atomic E-state index is -0.523. The maximum atomic E-state index is 12.9. The lowest BCUT2D eigenvalue weighted by Crippen LogP contribution is -2.44. The van der Waals surface area contributed by atoms with Crippen LogP contribution < -0.4 is 14.6 Å². The Morgan fingerprint density at radius 1 is 1.07 bits per heavy atom. The van der Waals surface area contributed by atoms with E-state index in [9.17, 15) is 9.59 Å². The molecule has 1 atom stereocenters. The molecule has 0 bridgehead atoms. The molecule has 0 spiro atoms. The molecule has 2 aromatic heterocycles. The van der Waals surface area contributed by atoms with Gasteiger partial charge in [-0.1, -0.05) is 18.2 Å². The molecule has 0 unspecified atom stereocenters. The number of para-hydroxylation sites is 1. The lowest BCUT2D eigenvalue weighted by atomic mass is 10.1. The lowest BCUT2D eigenvalue weighted by Gasteiger charge is -2.12. The predicted molar refractivity (Wildman–Crippen MR) is 110 cm³/mol. The van der Waals surface area contributed by atoms with Crippen molar-refractivity contribution < 1.29 is 23.3 Å². The minimum absolute atomic E-state index is 0.0519. The topological polar surface area (TPSA) is 72.4 Å². The van der Waals surface area contributed by atoms with E-state index in [1.165, 1.54) is 6.92 Å². The number of fused-ring (bicyclic) bond motifs is 3. The van der Waals surface area contributed by atoms with E-state index < -0.39 is 6.04 Å². The number of rotatable bonds is 5. The molecule has 2 heterocycles. The fraction of sp³-hybridized carbons (Fsp3) is 0.174. The van der Waals surface area contributed by atoms with Crippen molar-refractivity contribution in [2.45, 2.75) is 19.9 Å². The number of furan rings is 1. The number of amides is 1. The van der Waals surface area contributed by atoms with Crippen LogP contribution in [0.3, 0.4) is 0 Å². The van der Waals surface area contributed by atoms with Gasteiger partial charge in [0.25, 0.3) is 5.91 Å². The number of ether oxygens (including phenoxy) is 1. The van der Waals surface area contributed by atoms with E-state index in [4.69, 9.17) is 9.15 Å². The quantitative estimate of drug-likeness (QED) is 0.408. The van der Waals surface area contributed by atoms with Crippen LogP contribution in [0.15, 0.2) is 65.3 Å². The van der Waals surface area contributed by atoms with Gasteiger partial charge in [-0.25, -0.2) is 0 Å². The first-order chi connectivity index (χ1) is 14.0. The summed E-state index contributed by atoms with van der Waals surface area (Å²) in [5.41, 5.74) is 2.52. The summed E-state index contributed by atoms with van der Waals surface area (Å²) in [6.45, 7) is 3.27. The highest BCUT2D eigenvalue weighted by Gasteiger charge is 2.24. The molecule has 0 saturated carbocycles. The van der Waals surface area contributed by atoms with E-state index in [0.29, 0.717) is 22.6 Å². The van der Waals surface area contributed by atoms with Gasteiger partial charge in [-0.05, 0) is 25.1 Å². The molecular formula is C23H21N2O4+.